The van der Waals surface area contributed by atoms with Crippen molar-refractivity contribution >= 4 is 48.3 Å². The number of hydrogen-bond donors (Lipinski definition) is 3. The fraction of sp³-hybridized carbons (Fsp3) is 0.0556. The van der Waals surface area contributed by atoms with Crippen LogP contribution in [-0.2, 0) is 10.0 Å². The van der Waals surface area contributed by atoms with Crippen molar-refractivity contribution in [2.24, 2.45) is 0 Å². The Balaban J connectivity index is 1.55. The number of H-pyrrole nitrogens is 1. The summed E-state index contributed by atoms with van der Waals surface area (Å²) in [6.45, 7) is 1.95. The number of fused-ring (bicyclic) bond motifs is 1. The van der Waals surface area contributed by atoms with Crippen LogP contribution >= 0.6 is 11.3 Å². The average molecular weight is 413 g/mol. The monoisotopic (exact) mass is 413 g/mol. The van der Waals surface area contributed by atoms with E-state index in [9.17, 15) is 13.2 Å². The number of thiazole rings is 1. The molecular weight excluding hydrogens is 398 g/mol. The van der Waals surface area contributed by atoms with Gasteiger partial charge in [0, 0.05) is 5.56 Å². The average Bonchev–Trinajstić information content (AvgIpc) is 3.31. The second-order valence-electron chi connectivity index (χ2n) is 6.04. The molecular formula is C18H15N5O3S2. The minimum Gasteiger partial charge on any atom is -0.334 e. The Morgan fingerprint density at radius 2 is 1.93 bits per heavy atom. The Morgan fingerprint density at radius 1 is 1.14 bits per heavy atom. The minimum absolute atomic E-state index is 0.0306. The van der Waals surface area contributed by atoms with Gasteiger partial charge in [0.1, 0.15) is 0 Å². The van der Waals surface area contributed by atoms with E-state index < -0.39 is 10.0 Å². The third-order valence-electron chi connectivity index (χ3n) is 3.94. The van der Waals surface area contributed by atoms with Crippen LogP contribution in [-0.4, -0.2) is 29.3 Å². The topological polar surface area (TPSA) is 117 Å². The maximum absolute atomic E-state index is 12.3. The predicted octanol–water partition coefficient (Wildman–Crippen LogP) is 3.38. The number of carbonyl (C=O) groups excluding carboxylic acids is 1. The number of anilines is 2. The van der Waals surface area contributed by atoms with Crippen LogP contribution in [0.5, 0.6) is 0 Å². The van der Waals surface area contributed by atoms with E-state index in [1.807, 2.05) is 19.1 Å². The van der Waals surface area contributed by atoms with Gasteiger partial charge in [0.15, 0.2) is 10.2 Å². The highest BCUT2D eigenvalue weighted by Crippen LogP contribution is 2.29. The molecule has 2 heterocycles. The molecule has 142 valence electrons. The lowest BCUT2D eigenvalue weighted by Gasteiger charge is -2.05. The van der Waals surface area contributed by atoms with Crippen molar-refractivity contribution in [2.45, 2.75) is 11.9 Å². The predicted molar refractivity (Wildman–Crippen MR) is 108 cm³/mol. The smallest absolute Gasteiger partial charge is 0.278 e. The van der Waals surface area contributed by atoms with Gasteiger partial charge in [0.2, 0.25) is 0 Å². The summed E-state index contributed by atoms with van der Waals surface area (Å²) in [6, 6.07) is 12.2. The van der Waals surface area contributed by atoms with Crippen LogP contribution < -0.4 is 10.0 Å². The van der Waals surface area contributed by atoms with Crippen LogP contribution in [0.4, 0.5) is 10.8 Å². The molecule has 1 amide bonds. The van der Waals surface area contributed by atoms with Gasteiger partial charge in [-0.2, -0.15) is 8.42 Å². The summed E-state index contributed by atoms with van der Waals surface area (Å²) in [5.41, 5.74) is 2.55. The molecule has 0 bridgehead atoms. The molecule has 28 heavy (non-hydrogen) atoms. The van der Waals surface area contributed by atoms with E-state index in [2.05, 4.69) is 25.0 Å². The number of aryl methyl sites for hydroxylation is 1. The molecule has 8 nitrogen and oxygen atoms in total. The molecule has 2 aromatic carbocycles. The summed E-state index contributed by atoms with van der Waals surface area (Å²) in [4.78, 5) is 23.0. The molecule has 0 aliphatic carbocycles. The van der Waals surface area contributed by atoms with Crippen molar-refractivity contribution in [2.75, 3.05) is 10.0 Å². The highest BCUT2D eigenvalue weighted by molar-refractivity contribution is 7.92. The number of nitrogens with zero attached hydrogens (tertiary/aromatic N) is 2. The van der Waals surface area contributed by atoms with Gasteiger partial charge in [0.05, 0.1) is 28.4 Å². The van der Waals surface area contributed by atoms with E-state index in [4.69, 9.17) is 0 Å². The number of nitrogens with one attached hydrogen (secondary N) is 3. The molecule has 10 heteroatoms. The lowest BCUT2D eigenvalue weighted by Crippen LogP contribution is -2.13. The number of aromatic amines is 1. The maximum atomic E-state index is 12.3. The summed E-state index contributed by atoms with van der Waals surface area (Å²) < 4.78 is 27.8. The normalized spacial score (nSPS) is 11.5. The van der Waals surface area contributed by atoms with E-state index in [0.29, 0.717) is 21.9 Å². The number of aromatic nitrogens is 3. The zero-order chi connectivity index (χ0) is 19.7. The Hall–Kier alpha value is -3.24. The van der Waals surface area contributed by atoms with E-state index >= 15 is 0 Å². The molecule has 2 aromatic heterocycles. The molecule has 0 aliphatic rings. The molecule has 0 spiro atoms. The van der Waals surface area contributed by atoms with Crippen LogP contribution in [0.2, 0.25) is 0 Å². The Morgan fingerprint density at radius 3 is 2.64 bits per heavy atom. The van der Waals surface area contributed by atoms with Gasteiger partial charge in [-0.15, -0.1) is 0 Å². The van der Waals surface area contributed by atoms with Crippen LogP contribution in [0.3, 0.4) is 0 Å². The minimum atomic E-state index is -3.75. The summed E-state index contributed by atoms with van der Waals surface area (Å²) in [7, 11) is -3.75. The van der Waals surface area contributed by atoms with Gasteiger partial charge in [-0.1, -0.05) is 29.0 Å². The number of carbonyl (C=O) groups is 1. The Bertz CT molecular complexity index is 1250. The molecule has 0 fully saturated rings. The van der Waals surface area contributed by atoms with Crippen LogP contribution in [0.25, 0.3) is 10.2 Å². The van der Waals surface area contributed by atoms with Gasteiger partial charge in [-0.05, 0) is 37.3 Å². The van der Waals surface area contributed by atoms with Gasteiger partial charge < -0.3 is 4.98 Å². The third-order valence-corrected chi connectivity index (χ3v) is 6.20. The first-order valence-electron chi connectivity index (χ1n) is 8.20. The molecule has 0 atom stereocenters. The molecule has 0 saturated carbocycles. The van der Waals surface area contributed by atoms with Crippen LogP contribution in [0.1, 0.15) is 15.9 Å². The van der Waals surface area contributed by atoms with E-state index in [-0.39, 0.29) is 10.9 Å². The highest BCUT2D eigenvalue weighted by Gasteiger charge is 2.16. The Labute approximate surface area is 164 Å². The quantitative estimate of drug-likeness (QED) is 0.464. The van der Waals surface area contributed by atoms with Crippen LogP contribution in [0.15, 0.2) is 60.0 Å². The summed E-state index contributed by atoms with van der Waals surface area (Å²) >= 11 is 1.31. The summed E-state index contributed by atoms with van der Waals surface area (Å²) in [5.74, 6) is -0.251. The number of benzene rings is 2. The van der Waals surface area contributed by atoms with Crippen molar-refractivity contribution in [3.8, 4) is 0 Å². The summed E-state index contributed by atoms with van der Waals surface area (Å²) in [5, 5.41) is 3.18. The zero-order valence-corrected chi connectivity index (χ0v) is 16.3. The summed E-state index contributed by atoms with van der Waals surface area (Å²) in [6.07, 6.45) is 2.52. The van der Waals surface area contributed by atoms with Gasteiger partial charge in [-0.3, -0.25) is 14.8 Å². The fourth-order valence-corrected chi connectivity index (χ4v) is 4.31. The molecule has 4 aromatic rings. The first-order chi connectivity index (χ1) is 13.4. The van der Waals surface area contributed by atoms with E-state index in [1.165, 1.54) is 23.9 Å². The van der Waals surface area contributed by atoms with Crippen molar-refractivity contribution < 1.29 is 13.2 Å². The zero-order valence-electron chi connectivity index (χ0n) is 14.6. The molecule has 0 radical (unpaired) electrons. The number of hydrogen-bond acceptors (Lipinski definition) is 6. The lowest BCUT2D eigenvalue weighted by molar-refractivity contribution is 0.102. The highest BCUT2D eigenvalue weighted by atomic mass is 32.2. The second kappa shape index (κ2) is 7.06. The van der Waals surface area contributed by atoms with Crippen molar-refractivity contribution in [3.63, 3.8) is 0 Å². The standard InChI is InChI=1S/C18H15N5O3S2/c1-11-2-4-12(5-3-11)17(24)22-18-21-14-8-13(6-7-15(14)27-18)23-28(25,26)16-9-19-10-20-16/h2-10,23H,1H3,(H,19,20)(H,21,22,24). The van der Waals surface area contributed by atoms with Crippen LogP contribution in [0, 0.1) is 6.92 Å². The molecule has 0 saturated heterocycles. The molecule has 0 aliphatic heterocycles. The van der Waals surface area contributed by atoms with Gasteiger partial charge in [0.25, 0.3) is 15.9 Å². The maximum Gasteiger partial charge on any atom is 0.278 e. The first kappa shape index (κ1) is 18.1. The number of sulfonamides is 1. The van der Waals surface area contributed by atoms with Crippen molar-refractivity contribution in [1.82, 2.24) is 15.0 Å². The molecule has 4 rings (SSSR count). The van der Waals surface area contributed by atoms with Crippen molar-refractivity contribution in [3.05, 3.63) is 66.1 Å². The lowest BCUT2D eigenvalue weighted by atomic mass is 10.1. The van der Waals surface area contributed by atoms with E-state index in [1.54, 1.807) is 30.3 Å². The van der Waals surface area contributed by atoms with E-state index in [0.717, 1.165) is 10.3 Å². The van der Waals surface area contributed by atoms with Gasteiger partial charge >= 0.3 is 0 Å². The Kier molecular flexibility index (Phi) is 4.57. The second-order valence-corrected chi connectivity index (χ2v) is 8.72. The number of rotatable bonds is 5. The van der Waals surface area contributed by atoms with Gasteiger partial charge in [-0.25, -0.2) is 9.97 Å². The fourth-order valence-electron chi connectivity index (χ4n) is 2.52. The SMILES string of the molecule is Cc1ccc(C(=O)Nc2nc3cc(NS(=O)(=O)c4cnc[nH]4)ccc3s2)cc1. The number of amides is 1. The third kappa shape index (κ3) is 3.73. The first-order valence-corrected chi connectivity index (χ1v) is 10.5. The largest absolute Gasteiger partial charge is 0.334 e. The number of imidazole rings is 1. The van der Waals surface area contributed by atoms with Crippen molar-refractivity contribution in [1.29, 1.82) is 0 Å². The molecule has 3 N–H and O–H groups in total. The molecule has 0 unspecified atom stereocenters.